The Hall–Kier alpha value is -1.55. The summed E-state index contributed by atoms with van der Waals surface area (Å²) >= 11 is 0. The van der Waals surface area contributed by atoms with Crippen molar-refractivity contribution in [1.29, 1.82) is 0 Å². The van der Waals surface area contributed by atoms with E-state index in [2.05, 4.69) is 4.90 Å². The van der Waals surface area contributed by atoms with Gasteiger partial charge in [-0.1, -0.05) is 6.42 Å². The van der Waals surface area contributed by atoms with Crippen LogP contribution in [0.15, 0.2) is 18.2 Å². The van der Waals surface area contributed by atoms with Crippen molar-refractivity contribution in [2.45, 2.75) is 32.1 Å². The van der Waals surface area contributed by atoms with Crippen molar-refractivity contribution in [3.8, 4) is 11.5 Å². The number of carbonyl (C=O) groups excluding carboxylic acids is 1. The van der Waals surface area contributed by atoms with Crippen LogP contribution in [0.4, 0.5) is 0 Å². The summed E-state index contributed by atoms with van der Waals surface area (Å²) in [6, 6.07) is 4.24. The Morgan fingerprint density at radius 2 is 1.84 bits per heavy atom. The molecular formula is C15H21NO3. The molecule has 0 unspecified atom stereocenters. The lowest BCUT2D eigenvalue weighted by molar-refractivity contribution is 0.0972. The van der Waals surface area contributed by atoms with E-state index in [1.54, 1.807) is 6.07 Å². The largest absolute Gasteiger partial charge is 0.504 e. The van der Waals surface area contributed by atoms with Crippen LogP contribution in [0.5, 0.6) is 11.5 Å². The number of phenolic OH excluding ortho intramolecular Hbond substituents is 2. The van der Waals surface area contributed by atoms with Gasteiger partial charge in [-0.3, -0.25) is 4.79 Å². The zero-order chi connectivity index (χ0) is 13.7. The monoisotopic (exact) mass is 263 g/mol. The molecule has 1 saturated heterocycles. The fourth-order valence-electron chi connectivity index (χ4n) is 2.49. The number of nitrogens with zero attached hydrogens (tertiary/aromatic N) is 1. The molecule has 1 aromatic carbocycles. The quantitative estimate of drug-likeness (QED) is 0.633. The van der Waals surface area contributed by atoms with Gasteiger partial charge in [0.25, 0.3) is 0 Å². The first-order chi connectivity index (χ1) is 9.16. The summed E-state index contributed by atoms with van der Waals surface area (Å²) in [5.74, 6) is -0.404. The zero-order valence-corrected chi connectivity index (χ0v) is 11.1. The molecule has 4 heteroatoms. The van der Waals surface area contributed by atoms with Crippen molar-refractivity contribution in [1.82, 2.24) is 4.90 Å². The predicted molar refractivity (Wildman–Crippen MR) is 73.6 cm³/mol. The molecular weight excluding hydrogens is 242 g/mol. The molecule has 0 spiro atoms. The van der Waals surface area contributed by atoms with E-state index < -0.39 is 0 Å². The van der Waals surface area contributed by atoms with Crippen molar-refractivity contribution in [2.75, 3.05) is 19.6 Å². The third-order valence-corrected chi connectivity index (χ3v) is 3.62. The lowest BCUT2D eigenvalue weighted by atomic mass is 10.1. The van der Waals surface area contributed by atoms with Gasteiger partial charge < -0.3 is 15.1 Å². The number of Topliss-reactive ketones (excluding diaryl/α,β-unsaturated/α-hetero) is 1. The number of aromatic hydroxyl groups is 2. The average Bonchev–Trinajstić information content (AvgIpc) is 2.43. The van der Waals surface area contributed by atoms with E-state index >= 15 is 0 Å². The van der Waals surface area contributed by atoms with Crippen LogP contribution in [0.3, 0.4) is 0 Å². The van der Waals surface area contributed by atoms with E-state index in [1.165, 1.54) is 31.4 Å². The molecule has 1 heterocycles. The minimum Gasteiger partial charge on any atom is -0.504 e. The highest BCUT2D eigenvalue weighted by atomic mass is 16.3. The minimum absolute atomic E-state index is 0.0207. The van der Waals surface area contributed by atoms with E-state index in [0.717, 1.165) is 26.1 Å². The Morgan fingerprint density at radius 3 is 2.53 bits per heavy atom. The van der Waals surface area contributed by atoms with Gasteiger partial charge in [0, 0.05) is 12.0 Å². The minimum atomic E-state index is -0.234. The third kappa shape index (κ3) is 3.96. The van der Waals surface area contributed by atoms with Crippen molar-refractivity contribution in [2.24, 2.45) is 0 Å². The van der Waals surface area contributed by atoms with Gasteiger partial charge in [0.05, 0.1) is 0 Å². The van der Waals surface area contributed by atoms with Crippen molar-refractivity contribution < 1.29 is 15.0 Å². The lowest BCUT2D eigenvalue weighted by Crippen LogP contribution is -2.30. The van der Waals surface area contributed by atoms with Crippen LogP contribution in [-0.4, -0.2) is 40.5 Å². The fraction of sp³-hybridized carbons (Fsp3) is 0.533. The van der Waals surface area contributed by atoms with Crippen LogP contribution in [0.2, 0.25) is 0 Å². The second-order valence-electron chi connectivity index (χ2n) is 5.13. The topological polar surface area (TPSA) is 60.8 Å². The molecule has 0 amide bonds. The van der Waals surface area contributed by atoms with Crippen molar-refractivity contribution in [3.05, 3.63) is 23.8 Å². The first-order valence-electron chi connectivity index (χ1n) is 6.94. The number of hydrogen-bond acceptors (Lipinski definition) is 4. The Morgan fingerprint density at radius 1 is 1.11 bits per heavy atom. The summed E-state index contributed by atoms with van der Waals surface area (Å²) in [7, 11) is 0. The van der Waals surface area contributed by atoms with Gasteiger partial charge in [-0.2, -0.15) is 0 Å². The molecule has 0 aromatic heterocycles. The van der Waals surface area contributed by atoms with Crippen LogP contribution >= 0.6 is 0 Å². The number of ketones is 1. The summed E-state index contributed by atoms with van der Waals surface area (Å²) in [6.45, 7) is 3.26. The maximum atomic E-state index is 11.9. The first-order valence-corrected chi connectivity index (χ1v) is 6.94. The fourth-order valence-corrected chi connectivity index (χ4v) is 2.49. The normalized spacial score (nSPS) is 16.4. The number of rotatable bonds is 5. The highest BCUT2D eigenvalue weighted by Gasteiger charge is 2.12. The number of phenols is 2. The summed E-state index contributed by atoms with van der Waals surface area (Å²) in [5.41, 5.74) is 0.467. The maximum absolute atomic E-state index is 11.9. The Balaban J connectivity index is 1.78. The van der Waals surface area contributed by atoms with Gasteiger partial charge in [-0.05, 0) is 57.1 Å². The summed E-state index contributed by atoms with van der Waals surface area (Å²) in [6.07, 6.45) is 5.18. The molecule has 0 radical (unpaired) electrons. The van der Waals surface area contributed by atoms with E-state index in [-0.39, 0.29) is 17.3 Å². The Kier molecular flexibility index (Phi) is 4.80. The molecule has 1 aromatic rings. The molecule has 104 valence electrons. The SMILES string of the molecule is O=C(CCCN1CCCCC1)c1ccc(O)c(O)c1. The number of piperidine rings is 1. The second-order valence-corrected chi connectivity index (χ2v) is 5.13. The van der Waals surface area contributed by atoms with Gasteiger partial charge in [0.2, 0.25) is 0 Å². The molecule has 4 nitrogen and oxygen atoms in total. The molecule has 19 heavy (non-hydrogen) atoms. The molecule has 1 fully saturated rings. The number of carbonyl (C=O) groups is 1. The van der Waals surface area contributed by atoms with Crippen LogP contribution in [-0.2, 0) is 0 Å². The number of hydrogen-bond donors (Lipinski definition) is 2. The van der Waals surface area contributed by atoms with Gasteiger partial charge in [-0.15, -0.1) is 0 Å². The first kappa shape index (κ1) is 13.9. The lowest BCUT2D eigenvalue weighted by Gasteiger charge is -2.26. The molecule has 0 atom stereocenters. The van der Waals surface area contributed by atoms with Gasteiger partial charge in [-0.25, -0.2) is 0 Å². The Bertz CT molecular complexity index is 439. The molecule has 0 saturated carbocycles. The molecule has 2 rings (SSSR count). The van der Waals surface area contributed by atoms with Gasteiger partial charge >= 0.3 is 0 Å². The number of benzene rings is 1. The van der Waals surface area contributed by atoms with Crippen molar-refractivity contribution >= 4 is 5.78 Å². The predicted octanol–water partition coefficient (Wildman–Crippen LogP) is 2.55. The van der Waals surface area contributed by atoms with Gasteiger partial charge in [0.15, 0.2) is 17.3 Å². The highest BCUT2D eigenvalue weighted by Crippen LogP contribution is 2.25. The second kappa shape index (κ2) is 6.57. The maximum Gasteiger partial charge on any atom is 0.163 e. The smallest absolute Gasteiger partial charge is 0.163 e. The van der Waals surface area contributed by atoms with Crippen LogP contribution in [0, 0.1) is 0 Å². The number of likely N-dealkylation sites (tertiary alicyclic amines) is 1. The molecule has 1 aliphatic rings. The average molecular weight is 263 g/mol. The molecule has 2 N–H and O–H groups in total. The van der Waals surface area contributed by atoms with E-state index in [0.29, 0.717) is 12.0 Å². The standard InChI is InChI=1S/C15H21NO3/c17-13(12-6-7-14(18)15(19)11-12)5-4-10-16-8-2-1-3-9-16/h6-7,11,18-19H,1-5,8-10H2. The van der Waals surface area contributed by atoms with Gasteiger partial charge in [0.1, 0.15) is 0 Å². The Labute approximate surface area is 113 Å². The van der Waals surface area contributed by atoms with Crippen LogP contribution < -0.4 is 0 Å². The van der Waals surface area contributed by atoms with Crippen LogP contribution in [0.1, 0.15) is 42.5 Å². The zero-order valence-electron chi connectivity index (χ0n) is 11.1. The van der Waals surface area contributed by atoms with E-state index in [9.17, 15) is 15.0 Å². The molecule has 0 aliphatic carbocycles. The van der Waals surface area contributed by atoms with Crippen LogP contribution in [0.25, 0.3) is 0 Å². The summed E-state index contributed by atoms with van der Waals surface area (Å²) < 4.78 is 0. The molecule has 1 aliphatic heterocycles. The molecule has 0 bridgehead atoms. The summed E-state index contributed by atoms with van der Waals surface area (Å²) in [4.78, 5) is 14.3. The third-order valence-electron chi connectivity index (χ3n) is 3.62. The van der Waals surface area contributed by atoms with Crippen molar-refractivity contribution in [3.63, 3.8) is 0 Å². The summed E-state index contributed by atoms with van der Waals surface area (Å²) in [5, 5.41) is 18.6. The highest BCUT2D eigenvalue weighted by molar-refractivity contribution is 5.96. The van der Waals surface area contributed by atoms with E-state index in [4.69, 9.17) is 0 Å². The van der Waals surface area contributed by atoms with E-state index in [1.807, 2.05) is 0 Å².